The van der Waals surface area contributed by atoms with Crippen LogP contribution in [0.5, 0.6) is 5.75 Å². The Hall–Kier alpha value is -2.11. The molecular weight excluding hydrogens is 297 g/mol. The van der Waals surface area contributed by atoms with Crippen molar-refractivity contribution < 1.29 is 19.0 Å². The van der Waals surface area contributed by atoms with Crippen LogP contribution in [0.15, 0.2) is 42.5 Å². The van der Waals surface area contributed by atoms with Gasteiger partial charge in [-0.05, 0) is 24.3 Å². The Kier molecular flexibility index (Phi) is 5.14. The number of ether oxygens (including phenoxy) is 1. The van der Waals surface area contributed by atoms with E-state index in [-0.39, 0.29) is 24.0 Å². The number of anilines is 1. The summed E-state index contributed by atoms with van der Waals surface area (Å²) in [5, 5.41) is 11.9. The second kappa shape index (κ2) is 7.06. The van der Waals surface area contributed by atoms with Crippen molar-refractivity contribution in [3.8, 4) is 5.75 Å². The van der Waals surface area contributed by atoms with Crippen LogP contribution >= 0.6 is 11.6 Å². The fourth-order valence-corrected chi connectivity index (χ4v) is 1.92. The van der Waals surface area contributed by atoms with E-state index in [9.17, 15) is 9.18 Å². The Labute approximate surface area is 126 Å². The molecule has 0 fully saturated rings. The van der Waals surface area contributed by atoms with Crippen molar-refractivity contribution in [3.05, 3.63) is 58.9 Å². The third-order valence-corrected chi connectivity index (χ3v) is 3.01. The quantitative estimate of drug-likeness (QED) is 0.892. The van der Waals surface area contributed by atoms with Crippen molar-refractivity contribution in [2.24, 2.45) is 0 Å². The number of carbonyl (C=O) groups excluding carboxylic acids is 1. The molecule has 0 aliphatic rings. The van der Waals surface area contributed by atoms with Crippen molar-refractivity contribution in [2.75, 3.05) is 11.9 Å². The first kappa shape index (κ1) is 15.3. The molecule has 0 aliphatic carbocycles. The van der Waals surface area contributed by atoms with Crippen molar-refractivity contribution >= 4 is 23.2 Å². The molecule has 0 radical (unpaired) electrons. The van der Waals surface area contributed by atoms with Gasteiger partial charge in [0.1, 0.15) is 11.6 Å². The zero-order chi connectivity index (χ0) is 15.2. The van der Waals surface area contributed by atoms with Crippen LogP contribution < -0.4 is 10.1 Å². The van der Waals surface area contributed by atoms with Gasteiger partial charge in [-0.25, -0.2) is 4.39 Å². The van der Waals surface area contributed by atoms with E-state index in [0.717, 1.165) is 6.07 Å². The van der Waals surface area contributed by atoms with Crippen LogP contribution in [-0.4, -0.2) is 17.6 Å². The van der Waals surface area contributed by atoms with Crippen molar-refractivity contribution in [1.82, 2.24) is 0 Å². The maximum atomic E-state index is 12.9. The number of carbonyl (C=O) groups is 1. The first-order valence-corrected chi connectivity index (χ1v) is 6.54. The van der Waals surface area contributed by atoms with Gasteiger partial charge in [0.05, 0.1) is 11.6 Å². The lowest BCUT2D eigenvalue weighted by Crippen LogP contribution is -2.21. The van der Waals surface area contributed by atoms with Crippen molar-refractivity contribution in [2.45, 2.75) is 6.61 Å². The average molecular weight is 310 g/mol. The van der Waals surface area contributed by atoms with Gasteiger partial charge in [0.25, 0.3) is 5.91 Å². The van der Waals surface area contributed by atoms with Gasteiger partial charge in [0.2, 0.25) is 0 Å². The summed E-state index contributed by atoms with van der Waals surface area (Å²) in [5.41, 5.74) is 1.12. The predicted octanol–water partition coefficient (Wildman–Crippen LogP) is 2.99. The molecule has 2 rings (SSSR count). The van der Waals surface area contributed by atoms with E-state index in [1.54, 1.807) is 24.3 Å². The minimum absolute atomic E-state index is 0.0959. The van der Waals surface area contributed by atoms with Gasteiger partial charge in [-0.2, -0.15) is 0 Å². The predicted molar refractivity (Wildman–Crippen MR) is 77.9 cm³/mol. The van der Waals surface area contributed by atoms with E-state index < -0.39 is 11.7 Å². The summed E-state index contributed by atoms with van der Waals surface area (Å²) < 4.78 is 18.1. The minimum Gasteiger partial charge on any atom is -0.482 e. The largest absolute Gasteiger partial charge is 0.482 e. The van der Waals surface area contributed by atoms with Crippen molar-refractivity contribution in [3.63, 3.8) is 0 Å². The molecule has 0 aromatic heterocycles. The number of hydrogen-bond acceptors (Lipinski definition) is 3. The van der Waals surface area contributed by atoms with Gasteiger partial charge < -0.3 is 15.2 Å². The average Bonchev–Trinajstić information content (AvgIpc) is 2.47. The lowest BCUT2D eigenvalue weighted by atomic mass is 10.2. The summed E-state index contributed by atoms with van der Waals surface area (Å²) in [5.74, 6) is -0.659. The molecule has 2 aromatic carbocycles. The zero-order valence-electron chi connectivity index (χ0n) is 11.0. The highest BCUT2D eigenvalue weighted by molar-refractivity contribution is 6.32. The standard InChI is InChI=1S/C15H13ClFNO3/c16-12-7-11(17)5-6-14(12)21-9-15(20)18-13-4-2-1-3-10(13)8-19/h1-7,19H,8-9H2,(H,18,20). The van der Waals surface area contributed by atoms with E-state index in [1.807, 2.05) is 0 Å². The molecule has 2 N–H and O–H groups in total. The number of hydrogen-bond donors (Lipinski definition) is 2. The smallest absolute Gasteiger partial charge is 0.262 e. The normalized spacial score (nSPS) is 10.2. The Balaban J connectivity index is 1.96. The highest BCUT2D eigenvalue weighted by Crippen LogP contribution is 2.24. The summed E-state index contributed by atoms with van der Waals surface area (Å²) in [6.07, 6.45) is 0. The number of halogens is 2. The summed E-state index contributed by atoms with van der Waals surface area (Å²) in [6.45, 7) is -0.452. The summed E-state index contributed by atoms with van der Waals surface area (Å²) >= 11 is 5.79. The minimum atomic E-state index is -0.478. The molecule has 0 aliphatic heterocycles. The molecule has 0 unspecified atom stereocenters. The van der Waals surface area contributed by atoms with E-state index in [0.29, 0.717) is 11.3 Å². The lowest BCUT2D eigenvalue weighted by Gasteiger charge is -2.11. The van der Waals surface area contributed by atoms with Gasteiger partial charge in [-0.15, -0.1) is 0 Å². The second-order valence-corrected chi connectivity index (χ2v) is 4.63. The van der Waals surface area contributed by atoms with E-state index in [2.05, 4.69) is 5.32 Å². The first-order valence-electron chi connectivity index (χ1n) is 6.16. The van der Waals surface area contributed by atoms with Gasteiger partial charge in [-0.1, -0.05) is 29.8 Å². The summed E-state index contributed by atoms with van der Waals surface area (Å²) in [7, 11) is 0. The van der Waals surface area contributed by atoms with Crippen LogP contribution in [0.25, 0.3) is 0 Å². The number of amides is 1. The van der Waals surface area contributed by atoms with Crippen LogP contribution in [0.3, 0.4) is 0 Å². The van der Waals surface area contributed by atoms with E-state index in [1.165, 1.54) is 12.1 Å². The highest BCUT2D eigenvalue weighted by atomic mass is 35.5. The second-order valence-electron chi connectivity index (χ2n) is 4.23. The monoisotopic (exact) mass is 309 g/mol. The molecule has 21 heavy (non-hydrogen) atoms. The molecular formula is C15H13ClFNO3. The van der Waals surface area contributed by atoms with E-state index in [4.69, 9.17) is 21.4 Å². The number of aliphatic hydroxyl groups is 1. The van der Waals surface area contributed by atoms with Crippen LogP contribution in [0.1, 0.15) is 5.56 Å². The molecule has 0 spiro atoms. The molecule has 0 bridgehead atoms. The van der Waals surface area contributed by atoms with Crippen LogP contribution in [0.4, 0.5) is 10.1 Å². The Bertz CT molecular complexity index is 649. The number of nitrogens with one attached hydrogen (secondary N) is 1. The maximum absolute atomic E-state index is 12.9. The highest BCUT2D eigenvalue weighted by Gasteiger charge is 2.09. The Morgan fingerprint density at radius 3 is 2.76 bits per heavy atom. The number of aliphatic hydroxyl groups excluding tert-OH is 1. The molecule has 0 atom stereocenters. The van der Waals surface area contributed by atoms with E-state index >= 15 is 0 Å². The third kappa shape index (κ3) is 4.18. The number of rotatable bonds is 5. The first-order chi connectivity index (χ1) is 10.1. The van der Waals surface area contributed by atoms with Gasteiger partial charge in [0, 0.05) is 11.3 Å². The molecule has 0 heterocycles. The molecule has 0 saturated carbocycles. The molecule has 4 nitrogen and oxygen atoms in total. The zero-order valence-corrected chi connectivity index (χ0v) is 11.7. The SMILES string of the molecule is O=C(COc1ccc(F)cc1Cl)Nc1ccccc1CO. The van der Waals surface area contributed by atoms with Crippen LogP contribution in [0.2, 0.25) is 5.02 Å². The van der Waals surface area contributed by atoms with Crippen LogP contribution in [-0.2, 0) is 11.4 Å². The van der Waals surface area contributed by atoms with Gasteiger partial charge in [-0.3, -0.25) is 4.79 Å². The summed E-state index contributed by atoms with van der Waals surface area (Å²) in [4.78, 5) is 11.8. The molecule has 6 heteroatoms. The lowest BCUT2D eigenvalue weighted by molar-refractivity contribution is -0.118. The molecule has 110 valence electrons. The molecule has 1 amide bonds. The third-order valence-electron chi connectivity index (χ3n) is 2.71. The molecule has 0 saturated heterocycles. The van der Waals surface area contributed by atoms with Gasteiger partial charge >= 0.3 is 0 Å². The Morgan fingerprint density at radius 2 is 2.05 bits per heavy atom. The summed E-state index contributed by atoms with van der Waals surface area (Å²) in [6, 6.07) is 10.5. The fourth-order valence-electron chi connectivity index (χ4n) is 1.70. The topological polar surface area (TPSA) is 58.6 Å². The fraction of sp³-hybridized carbons (Fsp3) is 0.133. The number of para-hydroxylation sites is 1. The maximum Gasteiger partial charge on any atom is 0.262 e. The molecule has 2 aromatic rings. The van der Waals surface area contributed by atoms with Crippen LogP contribution in [0, 0.1) is 5.82 Å². The van der Waals surface area contributed by atoms with Crippen molar-refractivity contribution in [1.29, 1.82) is 0 Å². The Morgan fingerprint density at radius 1 is 1.29 bits per heavy atom. The number of benzene rings is 2. The van der Waals surface area contributed by atoms with Gasteiger partial charge in [0.15, 0.2) is 6.61 Å².